The summed E-state index contributed by atoms with van der Waals surface area (Å²) in [6, 6.07) is 3.30. The van der Waals surface area contributed by atoms with E-state index in [0.717, 1.165) is 12.6 Å². The number of nitriles is 1. The van der Waals surface area contributed by atoms with E-state index in [1.807, 2.05) is 0 Å². The quantitative estimate of drug-likeness (QED) is 0.678. The molecule has 0 aromatic rings. The Morgan fingerprint density at radius 1 is 1.19 bits per heavy atom. The molecule has 90 valence electrons. The zero-order chi connectivity index (χ0) is 11.6. The molecular formula is C14H24N2. The summed E-state index contributed by atoms with van der Waals surface area (Å²) in [5.74, 6) is 0.225. The van der Waals surface area contributed by atoms with Gasteiger partial charge in [0.1, 0.15) is 0 Å². The van der Waals surface area contributed by atoms with Crippen molar-refractivity contribution in [3.05, 3.63) is 0 Å². The topological polar surface area (TPSA) is 27.0 Å². The normalized spacial score (nSPS) is 32.2. The zero-order valence-corrected chi connectivity index (χ0v) is 10.7. The van der Waals surface area contributed by atoms with Crippen LogP contribution in [0.1, 0.15) is 52.4 Å². The third-order valence-corrected chi connectivity index (χ3v) is 4.65. The minimum atomic E-state index is 0.222. The molecule has 1 aliphatic carbocycles. The number of hydrogen-bond donors (Lipinski definition) is 0. The fourth-order valence-corrected chi connectivity index (χ4v) is 3.17. The highest BCUT2D eigenvalue weighted by molar-refractivity contribution is 4.99. The van der Waals surface area contributed by atoms with Crippen LogP contribution < -0.4 is 0 Å². The maximum atomic E-state index is 9.27. The first kappa shape index (κ1) is 11.9. The first-order valence-corrected chi connectivity index (χ1v) is 6.77. The largest absolute Gasteiger partial charge is 0.299 e. The average Bonchev–Trinajstić information content (AvgIpc) is 2.30. The smallest absolute Gasteiger partial charge is 0.0674 e. The molecule has 2 nitrogen and oxygen atoms in total. The molecule has 0 spiro atoms. The van der Waals surface area contributed by atoms with E-state index in [-0.39, 0.29) is 11.3 Å². The minimum Gasteiger partial charge on any atom is -0.299 e. The van der Waals surface area contributed by atoms with E-state index in [4.69, 9.17) is 0 Å². The van der Waals surface area contributed by atoms with Crippen LogP contribution in [0.25, 0.3) is 0 Å². The van der Waals surface area contributed by atoms with Gasteiger partial charge < -0.3 is 0 Å². The van der Waals surface area contributed by atoms with Gasteiger partial charge in [0.05, 0.1) is 12.0 Å². The summed E-state index contributed by atoms with van der Waals surface area (Å²) in [4.78, 5) is 2.60. The molecule has 0 aromatic heterocycles. The number of piperidine rings is 1. The molecule has 0 aromatic carbocycles. The van der Waals surface area contributed by atoms with Crippen LogP contribution in [0.4, 0.5) is 0 Å². The number of nitrogens with zero attached hydrogens (tertiary/aromatic N) is 2. The van der Waals surface area contributed by atoms with E-state index in [1.165, 1.54) is 45.1 Å². The Kier molecular flexibility index (Phi) is 3.54. The first-order valence-electron chi connectivity index (χ1n) is 6.77. The summed E-state index contributed by atoms with van der Waals surface area (Å²) < 4.78 is 0. The number of hydrogen-bond acceptors (Lipinski definition) is 2. The Hall–Kier alpha value is -0.550. The number of rotatable bonds is 1. The van der Waals surface area contributed by atoms with E-state index in [9.17, 15) is 5.26 Å². The third-order valence-electron chi connectivity index (χ3n) is 4.65. The second kappa shape index (κ2) is 4.75. The van der Waals surface area contributed by atoms with Crippen molar-refractivity contribution < 1.29 is 0 Å². The van der Waals surface area contributed by atoms with E-state index in [2.05, 4.69) is 24.8 Å². The summed E-state index contributed by atoms with van der Waals surface area (Å²) in [5.41, 5.74) is 0.222. The lowest BCUT2D eigenvalue weighted by atomic mass is 9.73. The monoisotopic (exact) mass is 220 g/mol. The van der Waals surface area contributed by atoms with Gasteiger partial charge in [0.2, 0.25) is 0 Å². The molecular weight excluding hydrogens is 196 g/mol. The van der Waals surface area contributed by atoms with Gasteiger partial charge in [-0.3, -0.25) is 4.90 Å². The van der Waals surface area contributed by atoms with Gasteiger partial charge in [-0.25, -0.2) is 0 Å². The standard InChI is InChI=1S/C14H24N2/c1-14(2)8-9-16(11-12(14)10-15)13-6-4-3-5-7-13/h12-13H,3-9,11H2,1-2H3. The molecule has 1 saturated carbocycles. The molecule has 0 amide bonds. The van der Waals surface area contributed by atoms with E-state index in [1.54, 1.807) is 0 Å². The van der Waals surface area contributed by atoms with Crippen LogP contribution in [0.15, 0.2) is 0 Å². The Labute approximate surface area is 99.6 Å². The minimum absolute atomic E-state index is 0.222. The highest BCUT2D eigenvalue weighted by Crippen LogP contribution is 2.37. The van der Waals surface area contributed by atoms with Crippen molar-refractivity contribution in [3.8, 4) is 6.07 Å². The SMILES string of the molecule is CC1(C)CCN(C2CCCCC2)CC1C#N. The molecule has 2 aliphatic rings. The molecule has 2 heteroatoms. The van der Waals surface area contributed by atoms with Crippen molar-refractivity contribution in [1.29, 1.82) is 5.26 Å². The summed E-state index contributed by atoms with van der Waals surface area (Å²) in [7, 11) is 0. The lowest BCUT2D eigenvalue weighted by molar-refractivity contribution is 0.0464. The average molecular weight is 220 g/mol. The fourth-order valence-electron chi connectivity index (χ4n) is 3.17. The molecule has 1 unspecified atom stereocenters. The van der Waals surface area contributed by atoms with Gasteiger partial charge in [-0.05, 0) is 31.2 Å². The molecule has 16 heavy (non-hydrogen) atoms. The van der Waals surface area contributed by atoms with E-state index < -0.39 is 0 Å². The van der Waals surface area contributed by atoms with Crippen LogP contribution >= 0.6 is 0 Å². The van der Waals surface area contributed by atoms with Crippen molar-refractivity contribution in [2.75, 3.05) is 13.1 Å². The number of likely N-dealkylation sites (tertiary alicyclic amines) is 1. The Morgan fingerprint density at radius 2 is 1.88 bits per heavy atom. The van der Waals surface area contributed by atoms with Gasteiger partial charge in [-0.1, -0.05) is 33.1 Å². The molecule has 1 atom stereocenters. The summed E-state index contributed by atoms with van der Waals surface area (Å²) in [6.45, 7) is 6.71. The van der Waals surface area contributed by atoms with Crippen molar-refractivity contribution in [1.82, 2.24) is 4.90 Å². The van der Waals surface area contributed by atoms with Gasteiger partial charge in [0, 0.05) is 12.6 Å². The maximum Gasteiger partial charge on any atom is 0.0674 e. The van der Waals surface area contributed by atoms with E-state index >= 15 is 0 Å². The van der Waals surface area contributed by atoms with Crippen molar-refractivity contribution in [2.45, 2.75) is 58.4 Å². The first-order chi connectivity index (χ1) is 7.63. The van der Waals surface area contributed by atoms with Gasteiger partial charge >= 0.3 is 0 Å². The van der Waals surface area contributed by atoms with Crippen LogP contribution in [-0.4, -0.2) is 24.0 Å². The molecule has 1 heterocycles. The van der Waals surface area contributed by atoms with Gasteiger partial charge in [-0.2, -0.15) is 5.26 Å². The second-order valence-electron chi connectivity index (χ2n) is 6.21. The Bertz CT molecular complexity index is 271. The van der Waals surface area contributed by atoms with Gasteiger partial charge in [0.25, 0.3) is 0 Å². The van der Waals surface area contributed by atoms with Crippen LogP contribution in [-0.2, 0) is 0 Å². The Balaban J connectivity index is 1.96. The molecule has 1 aliphatic heterocycles. The predicted octanol–water partition coefficient (Wildman–Crippen LogP) is 3.19. The van der Waals surface area contributed by atoms with Crippen LogP contribution in [0.2, 0.25) is 0 Å². The van der Waals surface area contributed by atoms with Crippen LogP contribution in [0.5, 0.6) is 0 Å². The fraction of sp³-hybridized carbons (Fsp3) is 0.929. The van der Waals surface area contributed by atoms with Gasteiger partial charge in [0.15, 0.2) is 0 Å². The highest BCUT2D eigenvalue weighted by atomic mass is 15.2. The maximum absolute atomic E-state index is 9.27. The molecule has 2 fully saturated rings. The Morgan fingerprint density at radius 3 is 2.50 bits per heavy atom. The van der Waals surface area contributed by atoms with Crippen LogP contribution in [0, 0.1) is 22.7 Å². The second-order valence-corrected chi connectivity index (χ2v) is 6.21. The van der Waals surface area contributed by atoms with Crippen molar-refractivity contribution in [3.63, 3.8) is 0 Å². The summed E-state index contributed by atoms with van der Waals surface area (Å²) >= 11 is 0. The lowest BCUT2D eigenvalue weighted by Gasteiger charge is -2.45. The van der Waals surface area contributed by atoms with Gasteiger partial charge in [-0.15, -0.1) is 0 Å². The van der Waals surface area contributed by atoms with Crippen molar-refractivity contribution >= 4 is 0 Å². The summed E-state index contributed by atoms with van der Waals surface area (Å²) in [6.07, 6.45) is 8.10. The zero-order valence-electron chi connectivity index (χ0n) is 10.7. The molecule has 2 rings (SSSR count). The molecule has 0 N–H and O–H groups in total. The predicted molar refractivity (Wildman–Crippen MR) is 65.9 cm³/mol. The van der Waals surface area contributed by atoms with Crippen LogP contribution in [0.3, 0.4) is 0 Å². The molecule has 0 radical (unpaired) electrons. The molecule has 0 bridgehead atoms. The van der Waals surface area contributed by atoms with Crippen molar-refractivity contribution in [2.24, 2.45) is 11.3 Å². The lowest BCUT2D eigenvalue weighted by Crippen LogP contribution is -2.49. The third kappa shape index (κ3) is 2.40. The molecule has 1 saturated heterocycles. The summed E-state index contributed by atoms with van der Waals surface area (Å²) in [5, 5.41) is 9.27. The highest BCUT2D eigenvalue weighted by Gasteiger charge is 2.37. The van der Waals surface area contributed by atoms with E-state index in [0.29, 0.717) is 0 Å².